The molecule has 2 fully saturated rings. The Balaban J connectivity index is 1.16. The molecule has 0 spiro atoms. The fraction of sp³-hybridized carbons (Fsp3) is 0.484. The molecule has 0 bridgehead atoms. The maximum Gasteiger partial charge on any atom is 0.319 e. The number of rotatable bonds is 9. The van der Waals surface area contributed by atoms with Gasteiger partial charge in [-0.1, -0.05) is 25.4 Å². The van der Waals surface area contributed by atoms with Gasteiger partial charge in [-0.3, -0.25) is 4.98 Å². The number of ether oxygens (including phenoxy) is 4. The molecule has 1 saturated carbocycles. The molecule has 3 aromatic rings. The van der Waals surface area contributed by atoms with E-state index in [1.165, 1.54) is 12.8 Å². The maximum atomic E-state index is 12.1. The van der Waals surface area contributed by atoms with Gasteiger partial charge in [0, 0.05) is 30.9 Å². The van der Waals surface area contributed by atoms with E-state index in [1.807, 2.05) is 6.07 Å². The van der Waals surface area contributed by atoms with Crippen LogP contribution in [0.3, 0.4) is 0 Å². The number of fused-ring (bicyclic) bond motifs is 3. The monoisotopic (exact) mass is 580 g/mol. The lowest BCUT2D eigenvalue weighted by molar-refractivity contribution is 0.124. The van der Waals surface area contributed by atoms with Gasteiger partial charge in [0.25, 0.3) is 0 Å². The predicted molar refractivity (Wildman–Crippen MR) is 159 cm³/mol. The Bertz CT molecular complexity index is 1420. The fourth-order valence-corrected chi connectivity index (χ4v) is 5.40. The maximum absolute atomic E-state index is 12.1. The summed E-state index contributed by atoms with van der Waals surface area (Å²) in [4.78, 5) is 19.2. The van der Waals surface area contributed by atoms with Crippen molar-refractivity contribution >= 4 is 34.2 Å². The third-order valence-corrected chi connectivity index (χ3v) is 8.17. The lowest BCUT2D eigenvalue weighted by Gasteiger charge is -2.36. The number of aromatic nitrogens is 1. The summed E-state index contributed by atoms with van der Waals surface area (Å²) in [7, 11) is 0. The minimum Gasteiger partial charge on any atom is -0.489 e. The van der Waals surface area contributed by atoms with Crippen LogP contribution < -0.4 is 29.6 Å². The van der Waals surface area contributed by atoms with E-state index in [2.05, 4.69) is 34.4 Å². The quantitative estimate of drug-likeness (QED) is 0.274. The summed E-state index contributed by atoms with van der Waals surface area (Å²) in [6.07, 6.45) is 7.11. The molecule has 3 heterocycles. The van der Waals surface area contributed by atoms with E-state index in [0.717, 1.165) is 38.9 Å². The molecule has 1 saturated heterocycles. The number of hydrogen-bond acceptors (Lipinski definition) is 7. The summed E-state index contributed by atoms with van der Waals surface area (Å²) < 4.78 is 24.6. The van der Waals surface area contributed by atoms with Gasteiger partial charge in [0.15, 0.2) is 11.5 Å². The first-order valence-corrected chi connectivity index (χ1v) is 14.8. The topological polar surface area (TPSA) is 94.2 Å². The summed E-state index contributed by atoms with van der Waals surface area (Å²) in [6.45, 7) is 9.43. The molecule has 10 heteroatoms. The Hall–Kier alpha value is -3.43. The van der Waals surface area contributed by atoms with Gasteiger partial charge in [0.05, 0.1) is 28.2 Å². The van der Waals surface area contributed by atoms with Crippen molar-refractivity contribution in [3.05, 3.63) is 41.6 Å². The van der Waals surface area contributed by atoms with Crippen LogP contribution in [0.5, 0.6) is 28.7 Å². The normalized spacial score (nSPS) is 18.1. The number of anilines is 1. The number of nitrogens with zero attached hydrogens (tertiary/aromatic N) is 2. The Kier molecular flexibility index (Phi) is 7.99. The molecule has 1 aromatic heterocycles. The van der Waals surface area contributed by atoms with E-state index in [1.54, 1.807) is 30.5 Å². The third-order valence-electron chi connectivity index (χ3n) is 7.86. The van der Waals surface area contributed by atoms with Gasteiger partial charge in [0.1, 0.15) is 24.7 Å². The molecule has 0 atom stereocenters. The molecular formula is C31H37ClN4O5. The second-order valence-corrected chi connectivity index (χ2v) is 12.2. The van der Waals surface area contributed by atoms with E-state index in [9.17, 15) is 4.79 Å². The van der Waals surface area contributed by atoms with Crippen LogP contribution in [0.2, 0.25) is 5.02 Å². The molecule has 0 radical (unpaired) electrons. The highest BCUT2D eigenvalue weighted by atomic mass is 35.5. The molecule has 2 N–H and O–H groups in total. The Morgan fingerprint density at radius 1 is 1.10 bits per heavy atom. The first-order chi connectivity index (χ1) is 19.8. The molecule has 41 heavy (non-hydrogen) atoms. The van der Waals surface area contributed by atoms with Crippen LogP contribution in [-0.4, -0.2) is 61.4 Å². The second kappa shape index (κ2) is 11.8. The van der Waals surface area contributed by atoms with Crippen LogP contribution in [0.4, 0.5) is 10.5 Å². The van der Waals surface area contributed by atoms with Crippen molar-refractivity contribution in [1.29, 1.82) is 0 Å². The van der Waals surface area contributed by atoms with Crippen LogP contribution in [0.15, 0.2) is 36.5 Å². The number of pyridine rings is 1. The lowest BCUT2D eigenvalue weighted by atomic mass is 9.83. The number of hydrogen-bond donors (Lipinski definition) is 2. The molecule has 3 aliphatic rings. The highest BCUT2D eigenvalue weighted by molar-refractivity contribution is 6.33. The molecule has 0 unspecified atom stereocenters. The van der Waals surface area contributed by atoms with E-state index >= 15 is 0 Å². The van der Waals surface area contributed by atoms with Crippen molar-refractivity contribution in [1.82, 2.24) is 15.2 Å². The smallest absolute Gasteiger partial charge is 0.319 e. The zero-order valence-electron chi connectivity index (χ0n) is 23.6. The average molecular weight is 581 g/mol. The number of nitrogens with one attached hydrogen (secondary N) is 2. The van der Waals surface area contributed by atoms with E-state index in [0.29, 0.717) is 75.6 Å². The standard InChI is InChI=1S/C31H37ClN4O5/c1-31(2)9-13-36(14-10-31)12-3-15-38-26-19-24-27(29-28(26)39-16-17-40-29)25(8-11-33-24)41-21-6-7-23(22(32)18-21)35-30(37)34-20-4-5-20/h6-8,11,18-20H,3-5,9-10,12-17H2,1-2H3,(H2,34,35,37). The van der Waals surface area contributed by atoms with Gasteiger partial charge >= 0.3 is 6.03 Å². The minimum absolute atomic E-state index is 0.256. The predicted octanol–water partition coefficient (Wildman–Crippen LogP) is 6.63. The molecule has 2 aliphatic heterocycles. The van der Waals surface area contributed by atoms with E-state index in [-0.39, 0.29) is 12.1 Å². The van der Waals surface area contributed by atoms with Crippen molar-refractivity contribution in [3.8, 4) is 28.7 Å². The van der Waals surface area contributed by atoms with Crippen molar-refractivity contribution < 1.29 is 23.7 Å². The second-order valence-electron chi connectivity index (χ2n) is 11.8. The highest BCUT2D eigenvalue weighted by Crippen LogP contribution is 2.48. The zero-order valence-corrected chi connectivity index (χ0v) is 24.4. The first kappa shape index (κ1) is 27.7. The van der Waals surface area contributed by atoms with Crippen molar-refractivity contribution in [2.24, 2.45) is 5.41 Å². The minimum atomic E-state index is -0.263. The summed E-state index contributed by atoms with van der Waals surface area (Å²) >= 11 is 6.47. The van der Waals surface area contributed by atoms with Crippen molar-refractivity contribution in [2.75, 3.05) is 44.8 Å². The number of halogens is 1. The number of amides is 2. The van der Waals surface area contributed by atoms with Gasteiger partial charge in [-0.25, -0.2) is 4.79 Å². The van der Waals surface area contributed by atoms with Crippen molar-refractivity contribution in [3.63, 3.8) is 0 Å². The third kappa shape index (κ3) is 6.73. The van der Waals surface area contributed by atoms with E-state index < -0.39 is 0 Å². The SMILES string of the molecule is CC1(C)CCN(CCCOc2cc3nccc(Oc4ccc(NC(=O)NC5CC5)c(Cl)c4)c3c3c2OCCO3)CC1. The zero-order chi connectivity index (χ0) is 28.4. The number of carbonyl (C=O) groups excluding carboxylic acids is 1. The molecule has 218 valence electrons. The molecule has 9 nitrogen and oxygen atoms in total. The Morgan fingerprint density at radius 3 is 2.63 bits per heavy atom. The molecule has 6 rings (SSSR count). The van der Waals surface area contributed by atoms with Crippen molar-refractivity contribution in [2.45, 2.75) is 52.0 Å². The van der Waals surface area contributed by atoms with Gasteiger partial charge < -0.3 is 34.5 Å². The number of likely N-dealkylation sites (tertiary alicyclic amines) is 1. The van der Waals surface area contributed by atoms with Crippen LogP contribution in [0.1, 0.15) is 46.0 Å². The van der Waals surface area contributed by atoms with Crippen LogP contribution in [0.25, 0.3) is 10.9 Å². The number of carbonyl (C=O) groups is 1. The average Bonchev–Trinajstić information content (AvgIpc) is 3.77. The Labute approximate surface area is 245 Å². The lowest BCUT2D eigenvalue weighted by Crippen LogP contribution is -2.38. The van der Waals surface area contributed by atoms with Gasteiger partial charge in [-0.2, -0.15) is 0 Å². The molecular weight excluding hydrogens is 544 g/mol. The fourth-order valence-electron chi connectivity index (χ4n) is 5.18. The summed E-state index contributed by atoms with van der Waals surface area (Å²) in [5.41, 5.74) is 1.64. The van der Waals surface area contributed by atoms with Crippen LogP contribution in [0, 0.1) is 5.41 Å². The molecule has 1 aliphatic carbocycles. The summed E-state index contributed by atoms with van der Waals surface area (Å²) in [5.74, 6) is 2.83. The largest absolute Gasteiger partial charge is 0.489 e. The molecule has 2 amide bonds. The Morgan fingerprint density at radius 2 is 1.88 bits per heavy atom. The van der Waals surface area contributed by atoms with Crippen LogP contribution in [-0.2, 0) is 0 Å². The first-order valence-electron chi connectivity index (χ1n) is 14.5. The highest BCUT2D eigenvalue weighted by Gasteiger charge is 2.27. The van der Waals surface area contributed by atoms with Crippen LogP contribution >= 0.6 is 11.6 Å². The van der Waals surface area contributed by atoms with Gasteiger partial charge in [0.2, 0.25) is 5.75 Å². The van der Waals surface area contributed by atoms with Gasteiger partial charge in [-0.05, 0) is 68.8 Å². The van der Waals surface area contributed by atoms with Gasteiger partial charge in [-0.15, -0.1) is 0 Å². The molecule has 2 aromatic carbocycles. The summed E-state index contributed by atoms with van der Waals surface area (Å²) in [5, 5.41) is 6.75. The van der Waals surface area contributed by atoms with E-state index in [4.69, 9.17) is 30.5 Å². The number of piperidine rings is 1. The number of urea groups is 1. The number of benzene rings is 2. The summed E-state index contributed by atoms with van der Waals surface area (Å²) in [6, 6.07) is 8.81.